The molecular weight excluding hydrogens is 440 g/mol. The van der Waals surface area contributed by atoms with Crippen LogP contribution in [0.1, 0.15) is 47.8 Å². The van der Waals surface area contributed by atoms with Gasteiger partial charge in [0.1, 0.15) is 5.82 Å². The van der Waals surface area contributed by atoms with Gasteiger partial charge in [-0.2, -0.15) is 0 Å². The molecule has 1 fully saturated rings. The Bertz CT molecular complexity index is 1230. The highest BCUT2D eigenvalue weighted by atomic mass is 15.3. The molecule has 4 heteroatoms. The van der Waals surface area contributed by atoms with Crippen LogP contribution in [0.3, 0.4) is 0 Å². The molecule has 0 amide bonds. The van der Waals surface area contributed by atoms with Crippen LogP contribution in [0.4, 0.5) is 0 Å². The minimum atomic E-state index is -0.326. The minimum Gasteiger partial charge on any atom is -0.342 e. The molecule has 0 spiro atoms. The summed E-state index contributed by atoms with van der Waals surface area (Å²) < 4.78 is 0. The molecule has 3 aromatic carbocycles. The lowest BCUT2D eigenvalue weighted by atomic mass is 9.65. The molecule has 0 radical (unpaired) electrons. The maximum Gasteiger partial charge on any atom is 0.137 e. The number of nitrogens with one attached hydrogen (secondary N) is 2. The topological polar surface area (TPSA) is 44.0 Å². The number of hydrogen-bond acceptors (Lipinski definition) is 3. The Kier molecular flexibility index (Phi) is 7.08. The minimum absolute atomic E-state index is 0.130. The Hall–Kier alpha value is -3.21. The lowest BCUT2D eigenvalue weighted by molar-refractivity contribution is 0.0108. The first-order valence-electron chi connectivity index (χ1n) is 13.2. The standard InChI is InChI=1S/C32H38N4/c1-23(2)32(36-20-18-33-19-21-36,29(26-13-7-5-8-14-26)27-15-9-6-10-16-27)30-25(4)34-31(35-30)28-17-11-12-24(3)22-28/h5-17,22-23,29,33H,18-21H2,1-4H3,(H,34,35). The summed E-state index contributed by atoms with van der Waals surface area (Å²) >= 11 is 0. The second-order valence-electron chi connectivity index (χ2n) is 10.4. The van der Waals surface area contributed by atoms with E-state index in [4.69, 9.17) is 4.98 Å². The highest BCUT2D eigenvalue weighted by Gasteiger charge is 2.51. The maximum atomic E-state index is 5.44. The number of hydrogen-bond donors (Lipinski definition) is 2. The molecule has 2 heterocycles. The summed E-state index contributed by atoms with van der Waals surface area (Å²) in [6.07, 6.45) is 0. The van der Waals surface area contributed by atoms with E-state index in [-0.39, 0.29) is 11.5 Å². The van der Waals surface area contributed by atoms with Crippen LogP contribution in [-0.2, 0) is 5.54 Å². The summed E-state index contributed by atoms with van der Waals surface area (Å²) in [5.74, 6) is 1.39. The Morgan fingerprint density at radius 2 is 1.42 bits per heavy atom. The van der Waals surface area contributed by atoms with Crippen LogP contribution in [0.2, 0.25) is 0 Å². The molecule has 1 aromatic heterocycles. The predicted molar refractivity (Wildman–Crippen MR) is 149 cm³/mol. The van der Waals surface area contributed by atoms with E-state index in [2.05, 4.69) is 128 Å². The van der Waals surface area contributed by atoms with E-state index in [1.54, 1.807) is 0 Å². The molecule has 1 saturated heterocycles. The average Bonchev–Trinajstić information content (AvgIpc) is 3.30. The first kappa shape index (κ1) is 24.5. The second kappa shape index (κ2) is 10.4. The molecule has 1 unspecified atom stereocenters. The molecule has 36 heavy (non-hydrogen) atoms. The number of aryl methyl sites for hydroxylation is 2. The van der Waals surface area contributed by atoms with Crippen LogP contribution in [0.5, 0.6) is 0 Å². The molecule has 5 rings (SSSR count). The quantitative estimate of drug-likeness (QED) is 0.328. The second-order valence-corrected chi connectivity index (χ2v) is 10.4. The van der Waals surface area contributed by atoms with E-state index in [1.165, 1.54) is 16.7 Å². The molecule has 2 N–H and O–H groups in total. The highest BCUT2D eigenvalue weighted by Crippen LogP contribution is 2.51. The van der Waals surface area contributed by atoms with E-state index in [0.29, 0.717) is 5.92 Å². The highest BCUT2D eigenvalue weighted by molar-refractivity contribution is 5.58. The van der Waals surface area contributed by atoms with Gasteiger partial charge in [0.15, 0.2) is 0 Å². The lowest BCUT2D eigenvalue weighted by Gasteiger charge is -2.53. The van der Waals surface area contributed by atoms with E-state index in [0.717, 1.165) is 49.0 Å². The van der Waals surface area contributed by atoms with Gasteiger partial charge in [0.2, 0.25) is 0 Å². The Morgan fingerprint density at radius 1 is 0.806 bits per heavy atom. The van der Waals surface area contributed by atoms with Crippen molar-refractivity contribution in [3.63, 3.8) is 0 Å². The third kappa shape index (κ3) is 4.40. The average molecular weight is 479 g/mol. The van der Waals surface area contributed by atoms with Gasteiger partial charge in [0.05, 0.1) is 11.2 Å². The van der Waals surface area contributed by atoms with Crippen LogP contribution in [0.15, 0.2) is 84.9 Å². The van der Waals surface area contributed by atoms with Crippen molar-refractivity contribution in [3.8, 4) is 11.4 Å². The van der Waals surface area contributed by atoms with Crippen LogP contribution in [0.25, 0.3) is 11.4 Å². The number of aromatic amines is 1. The molecule has 4 nitrogen and oxygen atoms in total. The van der Waals surface area contributed by atoms with Gasteiger partial charge in [0, 0.05) is 43.4 Å². The third-order valence-corrected chi connectivity index (χ3v) is 7.78. The number of H-pyrrole nitrogens is 1. The number of imidazole rings is 1. The molecule has 0 bridgehead atoms. The van der Waals surface area contributed by atoms with Gasteiger partial charge in [0.25, 0.3) is 0 Å². The summed E-state index contributed by atoms with van der Waals surface area (Å²) in [5.41, 5.74) is 7.02. The maximum absolute atomic E-state index is 5.44. The largest absolute Gasteiger partial charge is 0.342 e. The molecular formula is C32H38N4. The van der Waals surface area contributed by atoms with Crippen LogP contribution >= 0.6 is 0 Å². The van der Waals surface area contributed by atoms with Gasteiger partial charge in [-0.3, -0.25) is 4.90 Å². The van der Waals surface area contributed by atoms with Crippen LogP contribution < -0.4 is 5.32 Å². The summed E-state index contributed by atoms with van der Waals surface area (Å²) in [4.78, 5) is 11.8. The van der Waals surface area contributed by atoms with Crippen molar-refractivity contribution in [2.45, 2.75) is 39.2 Å². The van der Waals surface area contributed by atoms with E-state index in [1.807, 2.05) is 0 Å². The molecule has 1 aliphatic rings. The third-order valence-electron chi connectivity index (χ3n) is 7.78. The summed E-state index contributed by atoms with van der Waals surface area (Å²) in [6.45, 7) is 13.0. The van der Waals surface area contributed by atoms with Crippen molar-refractivity contribution >= 4 is 0 Å². The molecule has 1 aliphatic heterocycles. The summed E-state index contributed by atoms with van der Waals surface area (Å²) in [7, 11) is 0. The molecule has 4 aromatic rings. The Labute approximate surface area is 215 Å². The number of benzene rings is 3. The van der Waals surface area contributed by atoms with E-state index >= 15 is 0 Å². The van der Waals surface area contributed by atoms with Crippen molar-refractivity contribution in [2.24, 2.45) is 5.92 Å². The van der Waals surface area contributed by atoms with Crippen molar-refractivity contribution in [1.82, 2.24) is 20.2 Å². The van der Waals surface area contributed by atoms with Crippen LogP contribution in [0, 0.1) is 19.8 Å². The predicted octanol–water partition coefficient (Wildman–Crippen LogP) is 6.28. The van der Waals surface area contributed by atoms with Crippen molar-refractivity contribution in [2.75, 3.05) is 26.2 Å². The molecule has 0 saturated carbocycles. The molecule has 186 valence electrons. The van der Waals surface area contributed by atoms with Gasteiger partial charge in [-0.15, -0.1) is 0 Å². The van der Waals surface area contributed by atoms with Crippen molar-refractivity contribution < 1.29 is 0 Å². The number of aromatic nitrogens is 2. The van der Waals surface area contributed by atoms with E-state index in [9.17, 15) is 0 Å². The normalized spacial score (nSPS) is 16.4. The number of piperazine rings is 1. The lowest BCUT2D eigenvalue weighted by Crippen LogP contribution is -2.60. The van der Waals surface area contributed by atoms with Gasteiger partial charge in [-0.05, 0) is 37.0 Å². The van der Waals surface area contributed by atoms with Gasteiger partial charge in [-0.1, -0.05) is 98.3 Å². The number of rotatable bonds is 7. The fraction of sp³-hybridized carbons (Fsp3) is 0.344. The van der Waals surface area contributed by atoms with Gasteiger partial charge in [-0.25, -0.2) is 4.98 Å². The summed E-state index contributed by atoms with van der Waals surface area (Å²) in [5, 5.41) is 3.58. The first-order chi connectivity index (χ1) is 17.5. The zero-order chi connectivity index (χ0) is 25.1. The first-order valence-corrected chi connectivity index (χ1v) is 13.2. The monoisotopic (exact) mass is 478 g/mol. The van der Waals surface area contributed by atoms with Crippen molar-refractivity contribution in [3.05, 3.63) is 113 Å². The number of nitrogens with zero attached hydrogens (tertiary/aromatic N) is 2. The zero-order valence-electron chi connectivity index (χ0n) is 22.0. The Morgan fingerprint density at radius 3 is 1.97 bits per heavy atom. The van der Waals surface area contributed by atoms with Crippen molar-refractivity contribution in [1.29, 1.82) is 0 Å². The van der Waals surface area contributed by atoms with Gasteiger partial charge < -0.3 is 10.3 Å². The fourth-order valence-electron chi connectivity index (χ4n) is 6.25. The molecule has 0 aliphatic carbocycles. The SMILES string of the molecule is Cc1cccc(-c2nc(C(C(C)C)(C(c3ccccc3)c3ccccc3)N3CCNCC3)c(C)[nH]2)c1. The zero-order valence-corrected chi connectivity index (χ0v) is 22.0. The smallest absolute Gasteiger partial charge is 0.137 e. The summed E-state index contributed by atoms with van der Waals surface area (Å²) in [6, 6.07) is 30.7. The van der Waals surface area contributed by atoms with E-state index < -0.39 is 0 Å². The van der Waals surface area contributed by atoms with Gasteiger partial charge >= 0.3 is 0 Å². The van der Waals surface area contributed by atoms with Crippen LogP contribution in [-0.4, -0.2) is 41.0 Å². The molecule has 1 atom stereocenters. The Balaban J connectivity index is 1.79. The fourth-order valence-corrected chi connectivity index (χ4v) is 6.25.